The Morgan fingerprint density at radius 1 is 0.829 bits per heavy atom. The van der Waals surface area contributed by atoms with Gasteiger partial charge in [-0.25, -0.2) is 4.39 Å². The van der Waals surface area contributed by atoms with Crippen LogP contribution in [0.15, 0.2) is 42.5 Å². The molecule has 41 heavy (non-hydrogen) atoms. The number of rotatable bonds is 14. The van der Waals surface area contributed by atoms with Crippen molar-refractivity contribution in [1.82, 2.24) is 19.7 Å². The van der Waals surface area contributed by atoms with Gasteiger partial charge in [-0.1, -0.05) is 62.4 Å². The van der Waals surface area contributed by atoms with Gasteiger partial charge in [-0.05, 0) is 37.1 Å². The summed E-state index contributed by atoms with van der Waals surface area (Å²) in [5, 5.41) is 5.61. The van der Waals surface area contributed by atoms with Crippen molar-refractivity contribution < 1.29 is 18.8 Å². The highest BCUT2D eigenvalue weighted by atomic mass is 35.5. The minimum Gasteiger partial charge on any atom is -0.396 e. The van der Waals surface area contributed by atoms with E-state index in [4.69, 9.17) is 9.94 Å². The SMILES string of the molecule is CCCCCCCCCCOn1nc(N2CCN(CCN3C(=O)c4ccccc4C3=O)CC2)c2ccc(F)cc21.Cl. The molecule has 3 aromatic rings. The summed E-state index contributed by atoms with van der Waals surface area (Å²) in [6.07, 6.45) is 9.76. The fourth-order valence-electron chi connectivity index (χ4n) is 5.63. The number of carbonyl (C=O) groups is 2. The Kier molecular flexibility index (Phi) is 11.0. The highest BCUT2D eigenvalue weighted by Crippen LogP contribution is 2.28. The van der Waals surface area contributed by atoms with E-state index in [9.17, 15) is 14.0 Å². The number of benzene rings is 2. The van der Waals surface area contributed by atoms with Crippen LogP contribution < -0.4 is 9.74 Å². The highest BCUT2D eigenvalue weighted by Gasteiger charge is 2.35. The molecule has 0 saturated carbocycles. The number of unbranched alkanes of at least 4 members (excludes halogenated alkanes) is 7. The Balaban J connectivity index is 0.00000387. The van der Waals surface area contributed by atoms with E-state index in [2.05, 4.69) is 16.7 Å². The molecule has 0 unspecified atom stereocenters. The summed E-state index contributed by atoms with van der Waals surface area (Å²) < 4.78 is 14.1. The van der Waals surface area contributed by atoms with Gasteiger partial charge in [0.2, 0.25) is 0 Å². The van der Waals surface area contributed by atoms with Gasteiger partial charge < -0.3 is 9.74 Å². The lowest BCUT2D eigenvalue weighted by Gasteiger charge is -2.35. The molecule has 2 aliphatic rings. The van der Waals surface area contributed by atoms with Crippen LogP contribution in [0.3, 0.4) is 0 Å². The summed E-state index contributed by atoms with van der Waals surface area (Å²) in [7, 11) is 0. The zero-order valence-corrected chi connectivity index (χ0v) is 24.7. The van der Waals surface area contributed by atoms with Crippen molar-refractivity contribution in [1.29, 1.82) is 0 Å². The average molecular weight is 586 g/mol. The molecule has 2 aliphatic heterocycles. The van der Waals surface area contributed by atoms with Crippen molar-refractivity contribution >= 4 is 40.9 Å². The molecule has 1 fully saturated rings. The molecule has 222 valence electrons. The summed E-state index contributed by atoms with van der Waals surface area (Å²) in [6.45, 7) is 6.81. The van der Waals surface area contributed by atoms with Crippen LogP contribution >= 0.6 is 12.4 Å². The monoisotopic (exact) mass is 585 g/mol. The third kappa shape index (κ3) is 7.19. The fraction of sp³-hybridized carbons (Fsp3) is 0.516. The molecule has 1 aromatic heterocycles. The van der Waals surface area contributed by atoms with Gasteiger partial charge in [0.25, 0.3) is 11.8 Å². The number of piperazine rings is 1. The topological polar surface area (TPSA) is 70.9 Å². The maximum Gasteiger partial charge on any atom is 0.261 e. The molecule has 0 radical (unpaired) electrons. The van der Waals surface area contributed by atoms with Crippen LogP contribution in [-0.2, 0) is 0 Å². The maximum atomic E-state index is 14.1. The first-order chi connectivity index (χ1) is 19.6. The standard InChI is InChI=1S/C31H40FN5O3.ClH/c1-2-3-4-5-6-7-8-11-22-40-37-28-23-24(32)14-15-27(28)29(33-37)35-19-16-34(17-20-35)18-21-36-30(38)25-12-9-10-13-26(25)31(36)39;/h9-10,12-15,23H,2-8,11,16-22H2,1H3;1H. The fourth-order valence-corrected chi connectivity index (χ4v) is 5.63. The molecular weight excluding hydrogens is 545 g/mol. The van der Waals surface area contributed by atoms with Crippen molar-refractivity contribution in [2.45, 2.75) is 58.3 Å². The summed E-state index contributed by atoms with van der Waals surface area (Å²) in [4.78, 5) is 38.6. The lowest BCUT2D eigenvalue weighted by molar-refractivity contribution is 0.0635. The number of carbonyl (C=O) groups excluding carboxylic acids is 2. The van der Waals surface area contributed by atoms with Crippen LogP contribution in [0, 0.1) is 5.82 Å². The second-order valence-corrected chi connectivity index (χ2v) is 10.8. The van der Waals surface area contributed by atoms with Crippen molar-refractivity contribution in [3.05, 3.63) is 59.4 Å². The van der Waals surface area contributed by atoms with Crippen LogP contribution in [0.5, 0.6) is 0 Å². The van der Waals surface area contributed by atoms with E-state index < -0.39 is 0 Å². The summed E-state index contributed by atoms with van der Waals surface area (Å²) in [5.41, 5.74) is 1.62. The van der Waals surface area contributed by atoms with Crippen molar-refractivity contribution in [2.24, 2.45) is 0 Å². The molecule has 0 spiro atoms. The highest BCUT2D eigenvalue weighted by molar-refractivity contribution is 6.21. The summed E-state index contributed by atoms with van der Waals surface area (Å²) in [6, 6.07) is 11.7. The Labute approximate surface area is 247 Å². The molecule has 8 nitrogen and oxygen atoms in total. The van der Waals surface area contributed by atoms with Gasteiger partial charge >= 0.3 is 0 Å². The van der Waals surface area contributed by atoms with Gasteiger partial charge in [-0.2, -0.15) is 0 Å². The van der Waals surface area contributed by atoms with Gasteiger partial charge in [0.05, 0.1) is 11.1 Å². The van der Waals surface area contributed by atoms with Gasteiger partial charge in [0.1, 0.15) is 17.9 Å². The van der Waals surface area contributed by atoms with E-state index in [0.717, 1.165) is 50.2 Å². The first kappa shape index (κ1) is 30.8. The van der Waals surface area contributed by atoms with E-state index in [-0.39, 0.29) is 30.0 Å². The minimum atomic E-state index is -0.311. The Hall–Kier alpha value is -3.17. The molecule has 10 heteroatoms. The van der Waals surface area contributed by atoms with E-state index >= 15 is 0 Å². The maximum absolute atomic E-state index is 14.1. The molecule has 3 heterocycles. The van der Waals surface area contributed by atoms with E-state index in [1.54, 1.807) is 30.3 Å². The molecule has 5 rings (SSSR count). The number of aromatic nitrogens is 2. The first-order valence-corrected chi connectivity index (χ1v) is 14.8. The molecule has 0 bridgehead atoms. The largest absolute Gasteiger partial charge is 0.396 e. The van der Waals surface area contributed by atoms with E-state index in [1.807, 2.05) is 0 Å². The predicted molar refractivity (Wildman–Crippen MR) is 161 cm³/mol. The van der Waals surface area contributed by atoms with Crippen LogP contribution in [0.4, 0.5) is 10.2 Å². The molecule has 2 amide bonds. The second kappa shape index (κ2) is 14.6. The van der Waals surface area contributed by atoms with Crippen molar-refractivity contribution in [2.75, 3.05) is 50.8 Å². The zero-order chi connectivity index (χ0) is 27.9. The molecule has 1 saturated heterocycles. The number of halogens is 2. The molecule has 2 aromatic carbocycles. The van der Waals surface area contributed by atoms with Gasteiger partial charge in [-0.15, -0.1) is 17.5 Å². The third-order valence-electron chi connectivity index (χ3n) is 7.99. The van der Waals surface area contributed by atoms with Gasteiger partial charge in [0.15, 0.2) is 5.82 Å². The molecule has 0 N–H and O–H groups in total. The molecule has 0 atom stereocenters. The van der Waals surface area contributed by atoms with E-state index in [0.29, 0.717) is 36.3 Å². The lowest BCUT2D eigenvalue weighted by atomic mass is 10.1. The Bertz CT molecular complexity index is 1290. The lowest BCUT2D eigenvalue weighted by Crippen LogP contribution is -2.49. The number of anilines is 1. The number of hydrogen-bond donors (Lipinski definition) is 0. The number of hydrogen-bond acceptors (Lipinski definition) is 6. The summed E-state index contributed by atoms with van der Waals surface area (Å²) >= 11 is 0. The Morgan fingerprint density at radius 3 is 2.12 bits per heavy atom. The van der Waals surface area contributed by atoms with Crippen LogP contribution in [0.2, 0.25) is 0 Å². The van der Waals surface area contributed by atoms with Gasteiger partial charge in [0, 0.05) is 50.7 Å². The average Bonchev–Trinajstić information content (AvgIpc) is 3.45. The van der Waals surface area contributed by atoms with Crippen molar-refractivity contribution in [3.8, 4) is 0 Å². The number of amides is 2. The van der Waals surface area contributed by atoms with Gasteiger partial charge in [-0.3, -0.25) is 19.4 Å². The minimum absolute atomic E-state index is 0. The van der Waals surface area contributed by atoms with Crippen molar-refractivity contribution in [3.63, 3.8) is 0 Å². The van der Waals surface area contributed by atoms with Crippen LogP contribution in [0.25, 0.3) is 10.9 Å². The second-order valence-electron chi connectivity index (χ2n) is 10.8. The first-order valence-electron chi connectivity index (χ1n) is 14.8. The van der Waals surface area contributed by atoms with Crippen LogP contribution in [0.1, 0.15) is 79.0 Å². The normalized spacial score (nSPS) is 15.5. The van der Waals surface area contributed by atoms with Crippen LogP contribution in [-0.4, -0.2) is 77.4 Å². The summed E-state index contributed by atoms with van der Waals surface area (Å²) in [5.74, 6) is 0.0608. The number of imide groups is 1. The smallest absolute Gasteiger partial charge is 0.261 e. The third-order valence-corrected chi connectivity index (χ3v) is 7.99. The Morgan fingerprint density at radius 2 is 1.46 bits per heavy atom. The molecule has 0 aliphatic carbocycles. The van der Waals surface area contributed by atoms with E-state index in [1.165, 1.54) is 60.4 Å². The predicted octanol–water partition coefficient (Wildman–Crippen LogP) is 5.58. The number of nitrogens with zero attached hydrogens (tertiary/aromatic N) is 5. The number of fused-ring (bicyclic) bond motifs is 2. The molecular formula is C31H41ClFN5O3. The quantitative estimate of drug-likeness (QED) is 0.182. The zero-order valence-electron chi connectivity index (χ0n) is 23.9.